The number of aromatic amines is 2. The van der Waals surface area contributed by atoms with Crippen LogP contribution in [0.3, 0.4) is 0 Å². The molecule has 1 unspecified atom stereocenters. The monoisotopic (exact) mass is 470 g/mol. The normalized spacial score (nSPS) is 15.2. The third-order valence-corrected chi connectivity index (χ3v) is 6.44. The molecule has 1 aliphatic heterocycles. The Hall–Kier alpha value is -4.47. The minimum absolute atomic E-state index is 0.0910. The number of rotatable bonds is 4. The molecule has 35 heavy (non-hydrogen) atoms. The maximum Gasteiger partial charge on any atom is 0.327 e. The average Bonchev–Trinajstić information content (AvgIpc) is 3.22. The third-order valence-electron chi connectivity index (χ3n) is 6.44. The summed E-state index contributed by atoms with van der Waals surface area (Å²) in [6.07, 6.45) is 2.08. The largest absolute Gasteiger partial charge is 0.497 e. The van der Waals surface area contributed by atoms with Gasteiger partial charge in [0.2, 0.25) is 0 Å². The second-order valence-electron chi connectivity index (χ2n) is 8.46. The number of H-pyrrole nitrogens is 2. The van der Waals surface area contributed by atoms with Crippen molar-refractivity contribution in [2.45, 2.75) is 25.8 Å². The molecule has 0 spiro atoms. The first-order chi connectivity index (χ1) is 17.1. The Kier molecular flexibility index (Phi) is 4.87. The van der Waals surface area contributed by atoms with Gasteiger partial charge in [0.1, 0.15) is 29.2 Å². The molecule has 0 fully saturated rings. The van der Waals surface area contributed by atoms with Crippen molar-refractivity contribution >= 4 is 22.1 Å². The quantitative estimate of drug-likeness (QED) is 0.413. The molecule has 0 radical (unpaired) electrons. The summed E-state index contributed by atoms with van der Waals surface area (Å²) in [5, 5.41) is 0.442. The fourth-order valence-corrected chi connectivity index (χ4v) is 4.68. The van der Waals surface area contributed by atoms with Crippen molar-refractivity contribution in [2.24, 2.45) is 0 Å². The number of fused-ring (bicyclic) bond motifs is 3. The highest BCUT2D eigenvalue weighted by Gasteiger charge is 2.25. The van der Waals surface area contributed by atoms with Gasteiger partial charge in [0.15, 0.2) is 5.65 Å². The minimum Gasteiger partial charge on any atom is -0.497 e. The standard InChI is InChI=1S/C25H22N6O4/c1-3-31-21-20(26-12-27-23(21)30-25(31)33)13-4-6-18-17(10-13)24(32)29-22(28-18)15-8-14-9-16(34-2)5-7-19(14)35-11-15/h4-7,9-10,12,15H,3,8,11H2,1-2H3,(H,28,29,32)(H,26,27,30,33). The Labute approximate surface area is 198 Å². The molecule has 4 heterocycles. The lowest BCUT2D eigenvalue weighted by atomic mass is 9.95. The Bertz CT molecular complexity index is 1720. The van der Waals surface area contributed by atoms with Crippen LogP contribution in [0.1, 0.15) is 24.2 Å². The van der Waals surface area contributed by atoms with Crippen molar-refractivity contribution in [1.82, 2.24) is 29.5 Å². The number of aromatic nitrogens is 6. The van der Waals surface area contributed by atoms with Gasteiger partial charge < -0.3 is 14.5 Å². The summed E-state index contributed by atoms with van der Waals surface area (Å²) >= 11 is 0. The molecule has 5 aromatic rings. The summed E-state index contributed by atoms with van der Waals surface area (Å²) in [7, 11) is 1.63. The van der Waals surface area contributed by atoms with Crippen molar-refractivity contribution in [3.63, 3.8) is 0 Å². The first-order valence-corrected chi connectivity index (χ1v) is 11.3. The second kappa shape index (κ2) is 8.08. The predicted octanol–water partition coefficient (Wildman–Crippen LogP) is 2.77. The molecule has 0 aliphatic carbocycles. The number of hydrogen-bond donors (Lipinski definition) is 2. The van der Waals surface area contributed by atoms with Gasteiger partial charge in [-0.2, -0.15) is 0 Å². The molecule has 2 aromatic carbocycles. The number of benzene rings is 2. The molecule has 10 heteroatoms. The van der Waals surface area contributed by atoms with Crippen LogP contribution in [0.5, 0.6) is 11.5 Å². The topological polar surface area (TPSA) is 128 Å². The van der Waals surface area contributed by atoms with Crippen LogP contribution in [0.2, 0.25) is 0 Å². The molecule has 10 nitrogen and oxygen atoms in total. The molecule has 1 aliphatic rings. The van der Waals surface area contributed by atoms with E-state index in [0.717, 1.165) is 17.1 Å². The number of nitrogens with one attached hydrogen (secondary N) is 2. The van der Waals surface area contributed by atoms with Crippen molar-refractivity contribution in [1.29, 1.82) is 0 Å². The number of imidazole rings is 1. The summed E-state index contributed by atoms with van der Waals surface area (Å²) in [4.78, 5) is 44.4. The molecule has 2 N–H and O–H groups in total. The van der Waals surface area contributed by atoms with Crippen molar-refractivity contribution < 1.29 is 9.47 Å². The Morgan fingerprint density at radius 1 is 1.14 bits per heavy atom. The lowest BCUT2D eigenvalue weighted by Gasteiger charge is -2.25. The molecule has 0 bridgehead atoms. The van der Waals surface area contributed by atoms with E-state index < -0.39 is 0 Å². The molecular formula is C25H22N6O4. The summed E-state index contributed by atoms with van der Waals surface area (Å²) in [6.45, 7) is 2.77. The van der Waals surface area contributed by atoms with Crippen LogP contribution >= 0.6 is 0 Å². The zero-order valence-corrected chi connectivity index (χ0v) is 19.2. The van der Waals surface area contributed by atoms with E-state index in [9.17, 15) is 9.59 Å². The summed E-state index contributed by atoms with van der Waals surface area (Å²) in [6, 6.07) is 11.1. The first kappa shape index (κ1) is 21.1. The second-order valence-corrected chi connectivity index (χ2v) is 8.46. The zero-order valence-electron chi connectivity index (χ0n) is 19.2. The van der Waals surface area contributed by atoms with Crippen LogP contribution in [-0.2, 0) is 13.0 Å². The van der Waals surface area contributed by atoms with Crippen LogP contribution in [0.4, 0.5) is 0 Å². The maximum atomic E-state index is 13.1. The first-order valence-electron chi connectivity index (χ1n) is 11.3. The van der Waals surface area contributed by atoms with Crippen molar-refractivity contribution in [3.8, 4) is 22.8 Å². The Morgan fingerprint density at radius 2 is 2.03 bits per heavy atom. The average molecular weight is 470 g/mol. The number of nitrogens with zero attached hydrogens (tertiary/aromatic N) is 4. The van der Waals surface area contributed by atoms with Gasteiger partial charge in [-0.05, 0) is 49.2 Å². The predicted molar refractivity (Wildman–Crippen MR) is 130 cm³/mol. The molecular weight excluding hydrogens is 448 g/mol. The van der Waals surface area contributed by atoms with Crippen LogP contribution in [-0.4, -0.2) is 43.2 Å². The van der Waals surface area contributed by atoms with Crippen LogP contribution in [0.15, 0.2) is 52.3 Å². The number of hydrogen-bond acceptors (Lipinski definition) is 7. The molecule has 3 aromatic heterocycles. The lowest BCUT2D eigenvalue weighted by Crippen LogP contribution is -2.24. The summed E-state index contributed by atoms with van der Waals surface area (Å²) in [5.41, 5.74) is 3.45. The van der Waals surface area contributed by atoms with E-state index in [4.69, 9.17) is 14.5 Å². The van der Waals surface area contributed by atoms with Gasteiger partial charge in [0.25, 0.3) is 5.56 Å². The number of methoxy groups -OCH3 is 1. The zero-order chi connectivity index (χ0) is 24.1. The van der Waals surface area contributed by atoms with Gasteiger partial charge in [-0.25, -0.2) is 19.7 Å². The van der Waals surface area contributed by atoms with Crippen molar-refractivity contribution in [2.75, 3.05) is 13.7 Å². The number of ether oxygens (including phenoxy) is 2. The van der Waals surface area contributed by atoms with E-state index in [1.54, 1.807) is 23.8 Å². The van der Waals surface area contributed by atoms with Crippen LogP contribution < -0.4 is 20.7 Å². The van der Waals surface area contributed by atoms with E-state index in [-0.39, 0.29) is 17.2 Å². The summed E-state index contributed by atoms with van der Waals surface area (Å²) in [5.74, 6) is 2.07. The lowest BCUT2D eigenvalue weighted by molar-refractivity contribution is 0.257. The van der Waals surface area contributed by atoms with E-state index in [2.05, 4.69) is 19.9 Å². The minimum atomic E-state index is -0.247. The molecule has 176 valence electrons. The van der Waals surface area contributed by atoms with Gasteiger partial charge in [0.05, 0.1) is 36.2 Å². The van der Waals surface area contributed by atoms with E-state index in [1.807, 2.05) is 31.2 Å². The number of aryl methyl sites for hydroxylation is 1. The van der Waals surface area contributed by atoms with Gasteiger partial charge in [-0.1, -0.05) is 6.07 Å². The molecule has 6 rings (SSSR count). The molecule has 0 saturated carbocycles. The third kappa shape index (κ3) is 3.45. The Balaban J connectivity index is 1.41. The molecule has 1 atom stereocenters. The van der Waals surface area contributed by atoms with Crippen molar-refractivity contribution in [3.05, 3.63) is 75.0 Å². The van der Waals surface area contributed by atoms with Gasteiger partial charge in [-0.3, -0.25) is 14.3 Å². The highest BCUT2D eigenvalue weighted by atomic mass is 16.5. The van der Waals surface area contributed by atoms with Crippen LogP contribution in [0.25, 0.3) is 33.3 Å². The van der Waals surface area contributed by atoms with Gasteiger partial charge >= 0.3 is 5.69 Å². The van der Waals surface area contributed by atoms with Crippen LogP contribution in [0, 0.1) is 0 Å². The fourth-order valence-electron chi connectivity index (χ4n) is 4.68. The van der Waals surface area contributed by atoms with E-state index >= 15 is 0 Å². The SMILES string of the molecule is CCn1c(=O)[nH]c2ncnc(-c3ccc4nc(C5COc6ccc(OC)cc6C5)[nH]c(=O)c4c3)c21. The Morgan fingerprint density at radius 3 is 2.86 bits per heavy atom. The molecule has 0 saturated heterocycles. The van der Waals surface area contributed by atoms with Gasteiger partial charge in [-0.15, -0.1) is 0 Å². The highest BCUT2D eigenvalue weighted by Crippen LogP contribution is 2.34. The maximum absolute atomic E-state index is 13.1. The van der Waals surface area contributed by atoms with Gasteiger partial charge in [0, 0.05) is 12.1 Å². The summed E-state index contributed by atoms with van der Waals surface area (Å²) < 4.78 is 12.8. The van der Waals surface area contributed by atoms with E-state index in [0.29, 0.717) is 58.7 Å². The van der Waals surface area contributed by atoms with E-state index in [1.165, 1.54) is 6.33 Å². The highest BCUT2D eigenvalue weighted by molar-refractivity contribution is 5.91. The molecule has 0 amide bonds. The smallest absolute Gasteiger partial charge is 0.327 e. The fraction of sp³-hybridized carbons (Fsp3) is 0.240.